The second-order valence-corrected chi connectivity index (χ2v) is 4.95. The molecule has 2 aromatic rings. The Kier molecular flexibility index (Phi) is 5.07. The molecule has 1 aromatic heterocycles. The molecule has 0 fully saturated rings. The Morgan fingerprint density at radius 1 is 1.10 bits per heavy atom. The van der Waals surface area contributed by atoms with E-state index in [1.807, 2.05) is 0 Å². The molecule has 0 aliphatic carbocycles. The van der Waals surface area contributed by atoms with Gasteiger partial charge in [-0.2, -0.15) is 0 Å². The molecule has 0 amide bonds. The van der Waals surface area contributed by atoms with Crippen LogP contribution in [0.5, 0.6) is 5.75 Å². The van der Waals surface area contributed by atoms with Crippen LogP contribution in [0.15, 0.2) is 30.7 Å². The van der Waals surface area contributed by atoms with Crippen LogP contribution in [-0.4, -0.2) is 23.1 Å². The van der Waals surface area contributed by atoms with Crippen molar-refractivity contribution in [2.24, 2.45) is 0 Å². The van der Waals surface area contributed by atoms with Crippen molar-refractivity contribution < 1.29 is 4.74 Å². The summed E-state index contributed by atoms with van der Waals surface area (Å²) in [5.41, 5.74) is 4.59. The molecule has 0 atom stereocenters. The number of aryl methyl sites for hydroxylation is 3. The summed E-state index contributed by atoms with van der Waals surface area (Å²) in [5, 5.41) is 3.29. The lowest BCUT2D eigenvalue weighted by Gasteiger charge is -2.13. The van der Waals surface area contributed by atoms with E-state index in [4.69, 9.17) is 4.74 Å². The molecule has 0 spiro atoms. The number of rotatable bonds is 6. The molecule has 2 rings (SSSR count). The first kappa shape index (κ1) is 14.5. The van der Waals surface area contributed by atoms with E-state index >= 15 is 0 Å². The van der Waals surface area contributed by atoms with Crippen LogP contribution in [0.1, 0.15) is 22.4 Å². The van der Waals surface area contributed by atoms with Crippen LogP contribution >= 0.6 is 0 Å². The molecule has 4 nitrogen and oxygen atoms in total. The molecule has 0 unspecified atom stereocenters. The van der Waals surface area contributed by atoms with Crippen molar-refractivity contribution in [3.63, 3.8) is 0 Å². The number of hydrogen-bond donors (Lipinski definition) is 1. The fourth-order valence-electron chi connectivity index (χ4n) is 2.26. The average molecular weight is 271 g/mol. The molecule has 0 saturated carbocycles. The standard InChI is InChI=1S/C16H21N3O/c1-12-8-13(2)16(14(3)9-12)20-7-6-18-11-15-10-17-4-5-19-15/h4-5,8-10,18H,6-7,11H2,1-3H3. The van der Waals surface area contributed by atoms with Gasteiger partial charge in [-0.15, -0.1) is 0 Å². The molecule has 4 heteroatoms. The first-order chi connectivity index (χ1) is 9.66. The van der Waals surface area contributed by atoms with E-state index in [1.165, 1.54) is 16.7 Å². The van der Waals surface area contributed by atoms with Crippen molar-refractivity contribution in [1.82, 2.24) is 15.3 Å². The topological polar surface area (TPSA) is 47.0 Å². The SMILES string of the molecule is Cc1cc(C)c(OCCNCc2cnccn2)c(C)c1. The minimum Gasteiger partial charge on any atom is -0.492 e. The monoisotopic (exact) mass is 271 g/mol. The van der Waals surface area contributed by atoms with Crippen molar-refractivity contribution in [2.45, 2.75) is 27.3 Å². The Hall–Kier alpha value is -1.94. The highest BCUT2D eigenvalue weighted by molar-refractivity contribution is 5.42. The maximum Gasteiger partial charge on any atom is 0.125 e. The predicted octanol–water partition coefficient (Wildman–Crippen LogP) is 2.57. The van der Waals surface area contributed by atoms with E-state index in [0.29, 0.717) is 13.2 Å². The number of nitrogens with one attached hydrogen (secondary N) is 1. The average Bonchev–Trinajstić information content (AvgIpc) is 2.42. The Morgan fingerprint density at radius 3 is 2.50 bits per heavy atom. The normalized spacial score (nSPS) is 10.6. The van der Waals surface area contributed by atoms with Gasteiger partial charge in [-0.25, -0.2) is 0 Å². The molecule has 0 aliphatic heterocycles. The molecular formula is C16H21N3O. The number of nitrogens with zero attached hydrogens (tertiary/aromatic N) is 2. The van der Waals surface area contributed by atoms with E-state index in [0.717, 1.165) is 18.0 Å². The van der Waals surface area contributed by atoms with E-state index in [1.54, 1.807) is 18.6 Å². The zero-order valence-electron chi connectivity index (χ0n) is 12.3. The van der Waals surface area contributed by atoms with Gasteiger partial charge in [-0.1, -0.05) is 17.7 Å². The third-order valence-electron chi connectivity index (χ3n) is 3.05. The van der Waals surface area contributed by atoms with Crippen LogP contribution in [0.4, 0.5) is 0 Å². The molecule has 0 saturated heterocycles. The van der Waals surface area contributed by atoms with Crippen LogP contribution in [0.3, 0.4) is 0 Å². The zero-order chi connectivity index (χ0) is 14.4. The third-order valence-corrected chi connectivity index (χ3v) is 3.05. The molecule has 1 aromatic carbocycles. The summed E-state index contributed by atoms with van der Waals surface area (Å²) in [6.45, 7) is 8.41. The quantitative estimate of drug-likeness (QED) is 0.820. The smallest absolute Gasteiger partial charge is 0.125 e. The third kappa shape index (κ3) is 4.03. The molecule has 0 aliphatic rings. The molecular weight excluding hydrogens is 250 g/mol. The van der Waals surface area contributed by atoms with Gasteiger partial charge in [0.05, 0.1) is 5.69 Å². The van der Waals surface area contributed by atoms with Crippen LogP contribution in [-0.2, 0) is 6.54 Å². The second-order valence-electron chi connectivity index (χ2n) is 4.95. The number of hydrogen-bond acceptors (Lipinski definition) is 4. The van der Waals surface area contributed by atoms with Gasteiger partial charge in [0.1, 0.15) is 12.4 Å². The maximum absolute atomic E-state index is 5.86. The molecule has 1 heterocycles. The van der Waals surface area contributed by atoms with Gasteiger partial charge in [0.25, 0.3) is 0 Å². The highest BCUT2D eigenvalue weighted by Gasteiger charge is 2.04. The van der Waals surface area contributed by atoms with Gasteiger partial charge in [0, 0.05) is 31.7 Å². The Labute approximate surface area is 120 Å². The molecule has 20 heavy (non-hydrogen) atoms. The lowest BCUT2D eigenvalue weighted by atomic mass is 10.1. The van der Waals surface area contributed by atoms with Crippen molar-refractivity contribution in [3.8, 4) is 5.75 Å². The maximum atomic E-state index is 5.86. The van der Waals surface area contributed by atoms with E-state index in [2.05, 4.69) is 48.2 Å². The summed E-state index contributed by atoms with van der Waals surface area (Å²) in [7, 11) is 0. The lowest BCUT2D eigenvalue weighted by Crippen LogP contribution is -2.21. The predicted molar refractivity (Wildman–Crippen MR) is 79.9 cm³/mol. The lowest BCUT2D eigenvalue weighted by molar-refractivity contribution is 0.309. The number of benzene rings is 1. The van der Waals surface area contributed by atoms with Crippen LogP contribution < -0.4 is 10.1 Å². The summed E-state index contributed by atoms with van der Waals surface area (Å²) in [5.74, 6) is 0.997. The molecule has 1 N–H and O–H groups in total. The summed E-state index contributed by atoms with van der Waals surface area (Å²) < 4.78 is 5.86. The van der Waals surface area contributed by atoms with E-state index in [9.17, 15) is 0 Å². The fourth-order valence-corrected chi connectivity index (χ4v) is 2.26. The Morgan fingerprint density at radius 2 is 1.85 bits per heavy atom. The second kappa shape index (κ2) is 7.01. The summed E-state index contributed by atoms with van der Waals surface area (Å²) in [6.07, 6.45) is 5.14. The van der Waals surface area contributed by atoms with Crippen molar-refractivity contribution >= 4 is 0 Å². The van der Waals surface area contributed by atoms with Crippen molar-refractivity contribution in [1.29, 1.82) is 0 Å². The van der Waals surface area contributed by atoms with E-state index < -0.39 is 0 Å². The van der Waals surface area contributed by atoms with Crippen molar-refractivity contribution in [3.05, 3.63) is 53.1 Å². The zero-order valence-corrected chi connectivity index (χ0v) is 12.3. The highest BCUT2D eigenvalue weighted by Crippen LogP contribution is 2.24. The minimum absolute atomic E-state index is 0.644. The first-order valence-electron chi connectivity index (χ1n) is 6.83. The summed E-state index contributed by atoms with van der Waals surface area (Å²) in [6, 6.07) is 4.30. The summed E-state index contributed by atoms with van der Waals surface area (Å²) >= 11 is 0. The van der Waals surface area contributed by atoms with Crippen LogP contribution in [0.2, 0.25) is 0 Å². The minimum atomic E-state index is 0.644. The molecule has 106 valence electrons. The highest BCUT2D eigenvalue weighted by atomic mass is 16.5. The van der Waals surface area contributed by atoms with Gasteiger partial charge in [-0.3, -0.25) is 9.97 Å². The van der Waals surface area contributed by atoms with Crippen LogP contribution in [0.25, 0.3) is 0 Å². The molecule has 0 radical (unpaired) electrons. The first-order valence-corrected chi connectivity index (χ1v) is 6.83. The van der Waals surface area contributed by atoms with E-state index in [-0.39, 0.29) is 0 Å². The van der Waals surface area contributed by atoms with Gasteiger partial charge in [-0.05, 0) is 31.9 Å². The number of aromatic nitrogens is 2. The fraction of sp³-hybridized carbons (Fsp3) is 0.375. The van der Waals surface area contributed by atoms with Gasteiger partial charge in [0.2, 0.25) is 0 Å². The van der Waals surface area contributed by atoms with Gasteiger partial charge in [0.15, 0.2) is 0 Å². The molecule has 0 bridgehead atoms. The van der Waals surface area contributed by atoms with Gasteiger partial charge < -0.3 is 10.1 Å². The van der Waals surface area contributed by atoms with Gasteiger partial charge >= 0.3 is 0 Å². The van der Waals surface area contributed by atoms with Crippen molar-refractivity contribution in [2.75, 3.05) is 13.2 Å². The van der Waals surface area contributed by atoms with Crippen LogP contribution in [0, 0.1) is 20.8 Å². The largest absolute Gasteiger partial charge is 0.492 e. The Bertz CT molecular complexity index is 532. The summed E-state index contributed by atoms with van der Waals surface area (Å²) in [4.78, 5) is 8.24. The number of ether oxygens (including phenoxy) is 1. The Balaban J connectivity index is 1.76.